The minimum atomic E-state index is -0.0105. The molecule has 1 fully saturated rings. The van der Waals surface area contributed by atoms with Crippen molar-refractivity contribution in [1.29, 1.82) is 0 Å². The molecule has 27 heavy (non-hydrogen) atoms. The molecule has 1 aliphatic rings. The number of halogens is 1. The molecule has 1 atom stereocenters. The third-order valence-corrected chi connectivity index (χ3v) is 5.21. The van der Waals surface area contributed by atoms with Crippen LogP contribution in [0.15, 0.2) is 54.6 Å². The van der Waals surface area contributed by atoms with Crippen molar-refractivity contribution in [3.8, 4) is 0 Å². The Kier molecular flexibility index (Phi) is 6.88. The molecule has 5 heteroatoms. The number of likely N-dealkylation sites (tertiary alicyclic amines) is 1. The molecule has 0 saturated carbocycles. The van der Waals surface area contributed by atoms with Gasteiger partial charge in [-0.2, -0.15) is 0 Å². The average Bonchev–Trinajstić information content (AvgIpc) is 3.10. The maximum atomic E-state index is 12.5. The lowest BCUT2D eigenvalue weighted by Gasteiger charge is -2.19. The van der Waals surface area contributed by atoms with E-state index in [2.05, 4.69) is 5.32 Å². The van der Waals surface area contributed by atoms with Gasteiger partial charge in [-0.25, -0.2) is 0 Å². The van der Waals surface area contributed by atoms with Crippen molar-refractivity contribution in [2.24, 2.45) is 0 Å². The van der Waals surface area contributed by atoms with Gasteiger partial charge in [-0.05, 0) is 36.1 Å². The van der Waals surface area contributed by atoms with Crippen LogP contribution in [0.25, 0.3) is 0 Å². The lowest BCUT2D eigenvalue weighted by Crippen LogP contribution is -2.31. The van der Waals surface area contributed by atoms with Crippen LogP contribution in [0, 0.1) is 0 Å². The Morgan fingerprint density at radius 3 is 2.44 bits per heavy atom. The number of benzene rings is 2. The van der Waals surface area contributed by atoms with Gasteiger partial charge in [0.2, 0.25) is 11.8 Å². The number of carbonyl (C=O) groups is 2. The van der Waals surface area contributed by atoms with E-state index in [9.17, 15) is 9.59 Å². The molecule has 2 aromatic carbocycles. The molecule has 0 radical (unpaired) electrons. The molecule has 1 aliphatic heterocycles. The predicted octanol–water partition coefficient (Wildman–Crippen LogP) is 3.99. The van der Waals surface area contributed by atoms with Gasteiger partial charge in [-0.3, -0.25) is 9.59 Å². The highest BCUT2D eigenvalue weighted by Gasteiger charge is 2.20. The number of carbonyl (C=O) groups excluding carboxylic acids is 2. The Morgan fingerprint density at radius 1 is 1.07 bits per heavy atom. The fraction of sp³-hybridized carbons (Fsp3) is 0.364. The Labute approximate surface area is 165 Å². The second-order valence-corrected chi connectivity index (χ2v) is 7.34. The van der Waals surface area contributed by atoms with E-state index in [1.807, 2.05) is 59.5 Å². The number of hydrogen-bond acceptors (Lipinski definition) is 2. The van der Waals surface area contributed by atoms with Crippen LogP contribution in [0.3, 0.4) is 0 Å². The molecule has 0 spiro atoms. The quantitative estimate of drug-likeness (QED) is 0.699. The van der Waals surface area contributed by atoms with Gasteiger partial charge in [0.15, 0.2) is 0 Å². The first-order valence-corrected chi connectivity index (χ1v) is 9.86. The lowest BCUT2D eigenvalue weighted by atomic mass is 9.88. The maximum absolute atomic E-state index is 12.5. The first kappa shape index (κ1) is 19.4. The van der Waals surface area contributed by atoms with Crippen LogP contribution in [-0.2, 0) is 9.59 Å². The van der Waals surface area contributed by atoms with E-state index in [1.165, 1.54) is 0 Å². The summed E-state index contributed by atoms with van der Waals surface area (Å²) in [5.74, 6) is 0.239. The normalized spacial score (nSPS) is 15.0. The first-order valence-electron chi connectivity index (χ1n) is 9.48. The van der Waals surface area contributed by atoms with Crippen LogP contribution in [0.5, 0.6) is 0 Å². The van der Waals surface area contributed by atoms with Crippen molar-refractivity contribution in [2.75, 3.05) is 19.6 Å². The van der Waals surface area contributed by atoms with Crippen molar-refractivity contribution < 1.29 is 9.59 Å². The minimum Gasteiger partial charge on any atom is -0.356 e. The topological polar surface area (TPSA) is 49.4 Å². The largest absolute Gasteiger partial charge is 0.356 e. The smallest absolute Gasteiger partial charge is 0.222 e. The molecule has 0 bridgehead atoms. The molecular weight excluding hydrogens is 360 g/mol. The number of rotatable bonds is 8. The Morgan fingerprint density at radius 2 is 1.78 bits per heavy atom. The summed E-state index contributed by atoms with van der Waals surface area (Å²) in [5.41, 5.74) is 2.18. The molecule has 1 heterocycles. The van der Waals surface area contributed by atoms with Crippen LogP contribution < -0.4 is 5.32 Å². The second kappa shape index (κ2) is 9.56. The van der Waals surface area contributed by atoms with Crippen LogP contribution >= 0.6 is 11.6 Å². The Balaban J connectivity index is 1.56. The van der Waals surface area contributed by atoms with Gasteiger partial charge in [0.05, 0.1) is 0 Å². The van der Waals surface area contributed by atoms with Crippen LogP contribution in [-0.4, -0.2) is 36.3 Å². The van der Waals surface area contributed by atoms with Gasteiger partial charge in [-0.15, -0.1) is 0 Å². The lowest BCUT2D eigenvalue weighted by molar-refractivity contribution is -0.127. The van der Waals surface area contributed by atoms with E-state index in [1.54, 1.807) is 0 Å². The molecule has 1 N–H and O–H groups in total. The van der Waals surface area contributed by atoms with E-state index < -0.39 is 0 Å². The highest BCUT2D eigenvalue weighted by molar-refractivity contribution is 6.30. The Bertz CT molecular complexity index is 762. The molecule has 1 unspecified atom stereocenters. The third kappa shape index (κ3) is 5.57. The van der Waals surface area contributed by atoms with E-state index >= 15 is 0 Å². The van der Waals surface area contributed by atoms with Gasteiger partial charge in [-0.1, -0.05) is 54.1 Å². The van der Waals surface area contributed by atoms with Crippen molar-refractivity contribution in [3.63, 3.8) is 0 Å². The molecule has 3 rings (SSSR count). The summed E-state index contributed by atoms with van der Waals surface area (Å²) in [6.07, 6.45) is 2.78. The molecule has 0 aromatic heterocycles. The molecule has 1 saturated heterocycles. The molecule has 142 valence electrons. The molecular formula is C22H25ClN2O2. The van der Waals surface area contributed by atoms with E-state index in [0.29, 0.717) is 24.4 Å². The summed E-state index contributed by atoms with van der Waals surface area (Å²) in [7, 11) is 0. The molecule has 2 amide bonds. The van der Waals surface area contributed by atoms with Crippen molar-refractivity contribution in [2.45, 2.75) is 31.6 Å². The summed E-state index contributed by atoms with van der Waals surface area (Å²) in [4.78, 5) is 26.0. The second-order valence-electron chi connectivity index (χ2n) is 6.91. The van der Waals surface area contributed by atoms with Gasteiger partial charge in [0.25, 0.3) is 0 Å². The van der Waals surface area contributed by atoms with Crippen LogP contribution in [0.4, 0.5) is 0 Å². The predicted molar refractivity (Wildman–Crippen MR) is 108 cm³/mol. The highest BCUT2D eigenvalue weighted by Crippen LogP contribution is 2.28. The third-order valence-electron chi connectivity index (χ3n) is 4.96. The van der Waals surface area contributed by atoms with Gasteiger partial charge in [0, 0.05) is 43.4 Å². The minimum absolute atomic E-state index is 0.0105. The van der Waals surface area contributed by atoms with Crippen molar-refractivity contribution >= 4 is 23.4 Å². The maximum Gasteiger partial charge on any atom is 0.222 e. The zero-order valence-electron chi connectivity index (χ0n) is 15.4. The zero-order chi connectivity index (χ0) is 19.1. The molecule has 4 nitrogen and oxygen atoms in total. The van der Waals surface area contributed by atoms with Crippen molar-refractivity contribution in [3.05, 3.63) is 70.7 Å². The van der Waals surface area contributed by atoms with Crippen molar-refractivity contribution in [1.82, 2.24) is 10.2 Å². The molecule has 2 aromatic rings. The zero-order valence-corrected chi connectivity index (χ0v) is 16.1. The average molecular weight is 385 g/mol. The summed E-state index contributed by atoms with van der Waals surface area (Å²) >= 11 is 6.01. The summed E-state index contributed by atoms with van der Waals surface area (Å²) < 4.78 is 0. The fourth-order valence-corrected chi connectivity index (χ4v) is 3.63. The van der Waals surface area contributed by atoms with E-state index in [-0.39, 0.29) is 17.7 Å². The molecule has 0 aliphatic carbocycles. The summed E-state index contributed by atoms with van der Waals surface area (Å²) in [6, 6.07) is 17.7. The first-order chi connectivity index (χ1) is 13.1. The van der Waals surface area contributed by atoms with E-state index in [0.717, 1.165) is 37.1 Å². The monoisotopic (exact) mass is 384 g/mol. The summed E-state index contributed by atoms with van der Waals surface area (Å²) in [5, 5.41) is 3.69. The van der Waals surface area contributed by atoms with Gasteiger partial charge >= 0.3 is 0 Å². The van der Waals surface area contributed by atoms with Crippen LogP contribution in [0.2, 0.25) is 5.02 Å². The summed E-state index contributed by atoms with van der Waals surface area (Å²) in [6.45, 7) is 2.16. The standard InChI is InChI=1S/C22H25ClN2O2/c23-19-11-9-18(10-12-19)20(17-6-2-1-3-7-17)16-21(26)24-13-5-15-25-14-4-8-22(25)27/h1-3,6-7,9-12,20H,4-5,8,13-16H2,(H,24,26). The number of amides is 2. The van der Waals surface area contributed by atoms with E-state index in [4.69, 9.17) is 11.6 Å². The van der Waals surface area contributed by atoms with Crippen LogP contribution in [0.1, 0.15) is 42.7 Å². The number of hydrogen-bond donors (Lipinski definition) is 1. The fourth-order valence-electron chi connectivity index (χ4n) is 3.50. The number of nitrogens with one attached hydrogen (secondary N) is 1. The SMILES string of the molecule is O=C(CC(c1ccccc1)c1ccc(Cl)cc1)NCCCN1CCCC1=O. The number of nitrogens with zero attached hydrogens (tertiary/aromatic N) is 1. The van der Waals surface area contributed by atoms with Gasteiger partial charge < -0.3 is 10.2 Å². The Hall–Kier alpha value is -2.33. The van der Waals surface area contributed by atoms with Gasteiger partial charge in [0.1, 0.15) is 0 Å². The highest BCUT2D eigenvalue weighted by atomic mass is 35.5.